The summed E-state index contributed by atoms with van der Waals surface area (Å²) >= 11 is 1.19. The molecule has 0 aliphatic rings. The van der Waals surface area contributed by atoms with Crippen LogP contribution in [0, 0.1) is 13.8 Å². The van der Waals surface area contributed by atoms with E-state index in [0.29, 0.717) is 33.1 Å². The number of aryl methyl sites for hydroxylation is 2. The van der Waals surface area contributed by atoms with E-state index in [1.807, 2.05) is 38.1 Å². The highest BCUT2D eigenvalue weighted by Gasteiger charge is 2.21. The van der Waals surface area contributed by atoms with Gasteiger partial charge in [-0.05, 0) is 45.4 Å². The van der Waals surface area contributed by atoms with Gasteiger partial charge in [-0.3, -0.25) is 4.79 Å². The maximum Gasteiger partial charge on any atom is 0.348 e. The Morgan fingerprint density at radius 1 is 1.31 bits per heavy atom. The highest BCUT2D eigenvalue weighted by atomic mass is 32.1. The number of benzene rings is 1. The third-order valence-corrected chi connectivity index (χ3v) is 5.29. The van der Waals surface area contributed by atoms with Crippen LogP contribution in [-0.2, 0) is 4.74 Å². The van der Waals surface area contributed by atoms with Gasteiger partial charge in [0.15, 0.2) is 0 Å². The lowest BCUT2D eigenvalue weighted by Crippen LogP contribution is -2.17. The van der Waals surface area contributed by atoms with Crippen LogP contribution in [-0.4, -0.2) is 22.5 Å². The first kappa shape index (κ1) is 18.1. The quantitative estimate of drug-likeness (QED) is 0.664. The molecule has 26 heavy (non-hydrogen) atoms. The number of aromatic amines is 1. The van der Waals surface area contributed by atoms with Gasteiger partial charge >= 0.3 is 5.97 Å². The molecule has 6 nitrogen and oxygen atoms in total. The predicted molar refractivity (Wildman–Crippen MR) is 104 cm³/mol. The zero-order valence-electron chi connectivity index (χ0n) is 15.2. The minimum Gasteiger partial charge on any atom is -0.462 e. The van der Waals surface area contributed by atoms with Gasteiger partial charge in [-0.15, -0.1) is 11.3 Å². The average molecular weight is 371 g/mol. The Bertz CT molecular complexity index is 1010. The van der Waals surface area contributed by atoms with Gasteiger partial charge in [0.2, 0.25) is 0 Å². The van der Waals surface area contributed by atoms with E-state index >= 15 is 0 Å². The summed E-state index contributed by atoms with van der Waals surface area (Å²) in [5, 5.41) is 3.77. The third-order valence-electron chi connectivity index (χ3n) is 4.12. The standard InChI is InChI=1S/C19H21N3O3S/c1-5-25-19(24)15-11(3)14-17(23)21-16(22-18(14)26-15)12(4)20-13-8-6-10(2)7-9-13/h6-9,12,20H,5H2,1-4H3,(H,21,22,23). The maximum absolute atomic E-state index is 12.5. The molecule has 1 aromatic carbocycles. The third kappa shape index (κ3) is 3.48. The Morgan fingerprint density at radius 2 is 2.00 bits per heavy atom. The van der Waals surface area contributed by atoms with Crippen LogP contribution in [0.15, 0.2) is 29.1 Å². The topological polar surface area (TPSA) is 84.1 Å². The molecule has 3 aromatic rings. The number of hydrogen-bond donors (Lipinski definition) is 2. The molecule has 7 heteroatoms. The van der Waals surface area contributed by atoms with Crippen LogP contribution in [0.25, 0.3) is 10.2 Å². The van der Waals surface area contributed by atoms with Crippen molar-refractivity contribution in [2.24, 2.45) is 0 Å². The van der Waals surface area contributed by atoms with Gasteiger partial charge in [-0.2, -0.15) is 0 Å². The Labute approximate surface area is 155 Å². The molecule has 0 saturated heterocycles. The number of thiophene rings is 1. The molecule has 0 aliphatic heterocycles. The fourth-order valence-corrected chi connectivity index (χ4v) is 3.81. The minimum absolute atomic E-state index is 0.191. The number of carbonyl (C=O) groups is 1. The highest BCUT2D eigenvalue weighted by Crippen LogP contribution is 2.28. The van der Waals surface area contributed by atoms with Crippen molar-refractivity contribution in [3.05, 3.63) is 56.4 Å². The van der Waals surface area contributed by atoms with E-state index in [9.17, 15) is 9.59 Å². The number of H-pyrrole nitrogens is 1. The second-order valence-electron chi connectivity index (χ2n) is 6.14. The molecule has 0 bridgehead atoms. The number of hydrogen-bond acceptors (Lipinski definition) is 6. The first-order valence-corrected chi connectivity index (χ1v) is 9.26. The summed E-state index contributed by atoms with van der Waals surface area (Å²) in [4.78, 5) is 33.0. The average Bonchev–Trinajstić information content (AvgIpc) is 2.94. The van der Waals surface area contributed by atoms with Crippen LogP contribution in [0.2, 0.25) is 0 Å². The van der Waals surface area contributed by atoms with E-state index in [-0.39, 0.29) is 11.6 Å². The van der Waals surface area contributed by atoms with Crippen LogP contribution < -0.4 is 10.9 Å². The van der Waals surface area contributed by atoms with Crippen LogP contribution in [0.3, 0.4) is 0 Å². The number of aromatic nitrogens is 2. The Balaban J connectivity index is 1.96. The smallest absolute Gasteiger partial charge is 0.348 e. The Morgan fingerprint density at radius 3 is 2.65 bits per heavy atom. The lowest BCUT2D eigenvalue weighted by Gasteiger charge is -2.14. The zero-order valence-corrected chi connectivity index (χ0v) is 16.0. The minimum atomic E-state index is -0.417. The van der Waals surface area contributed by atoms with Crippen LogP contribution >= 0.6 is 11.3 Å². The first-order valence-electron chi connectivity index (χ1n) is 8.44. The van der Waals surface area contributed by atoms with Gasteiger partial charge in [-0.25, -0.2) is 9.78 Å². The molecule has 2 aromatic heterocycles. The molecule has 2 heterocycles. The predicted octanol–water partition coefficient (Wildman–Crippen LogP) is 3.95. The number of nitrogens with zero attached hydrogens (tertiary/aromatic N) is 1. The lowest BCUT2D eigenvalue weighted by atomic mass is 10.2. The summed E-state index contributed by atoms with van der Waals surface area (Å²) in [6, 6.07) is 7.81. The van der Waals surface area contributed by atoms with E-state index in [0.717, 1.165) is 5.69 Å². The normalized spacial score (nSPS) is 12.2. The number of anilines is 1. The number of fused-ring (bicyclic) bond motifs is 1. The molecule has 0 fully saturated rings. The van der Waals surface area contributed by atoms with Crippen LogP contribution in [0.1, 0.15) is 46.5 Å². The van der Waals surface area contributed by atoms with Gasteiger partial charge in [0, 0.05) is 5.69 Å². The Hall–Kier alpha value is -2.67. The van der Waals surface area contributed by atoms with Gasteiger partial charge in [-0.1, -0.05) is 17.7 Å². The first-order chi connectivity index (χ1) is 12.4. The molecular weight excluding hydrogens is 350 g/mol. The van der Waals surface area contributed by atoms with Crippen molar-refractivity contribution >= 4 is 33.2 Å². The summed E-state index contributed by atoms with van der Waals surface area (Å²) < 4.78 is 5.06. The van der Waals surface area contributed by atoms with Crippen molar-refractivity contribution in [2.75, 3.05) is 11.9 Å². The molecule has 3 rings (SSSR count). The second kappa shape index (κ2) is 7.29. The lowest BCUT2D eigenvalue weighted by molar-refractivity contribution is 0.0531. The summed E-state index contributed by atoms with van der Waals surface area (Å²) in [6.07, 6.45) is 0. The fourth-order valence-electron chi connectivity index (χ4n) is 2.73. The molecule has 0 radical (unpaired) electrons. The summed E-state index contributed by atoms with van der Waals surface area (Å²) in [7, 11) is 0. The number of rotatable bonds is 5. The summed E-state index contributed by atoms with van der Waals surface area (Å²) in [6.45, 7) is 7.74. The van der Waals surface area contributed by atoms with Crippen molar-refractivity contribution in [3.63, 3.8) is 0 Å². The van der Waals surface area contributed by atoms with Gasteiger partial charge in [0.05, 0.1) is 18.0 Å². The van der Waals surface area contributed by atoms with E-state index < -0.39 is 5.97 Å². The molecule has 1 unspecified atom stereocenters. The molecule has 0 amide bonds. The van der Waals surface area contributed by atoms with Crippen molar-refractivity contribution in [3.8, 4) is 0 Å². The van der Waals surface area contributed by atoms with Gasteiger partial charge in [0.1, 0.15) is 15.5 Å². The SMILES string of the molecule is CCOC(=O)c1sc2nc(C(C)Nc3ccc(C)cc3)[nH]c(=O)c2c1C. The Kier molecular flexibility index (Phi) is 5.08. The van der Waals surface area contributed by atoms with E-state index in [4.69, 9.17) is 4.74 Å². The molecular formula is C19H21N3O3S. The second-order valence-corrected chi connectivity index (χ2v) is 7.14. The zero-order chi connectivity index (χ0) is 18.8. The largest absolute Gasteiger partial charge is 0.462 e. The van der Waals surface area contributed by atoms with Crippen molar-refractivity contribution in [1.29, 1.82) is 0 Å². The number of carbonyl (C=O) groups excluding carboxylic acids is 1. The molecule has 0 spiro atoms. The summed E-state index contributed by atoms with van der Waals surface area (Å²) in [5.41, 5.74) is 2.49. The van der Waals surface area contributed by atoms with Crippen LogP contribution in [0.4, 0.5) is 5.69 Å². The van der Waals surface area contributed by atoms with E-state index in [2.05, 4.69) is 15.3 Å². The van der Waals surface area contributed by atoms with E-state index in [1.165, 1.54) is 16.9 Å². The highest BCUT2D eigenvalue weighted by molar-refractivity contribution is 7.20. The molecule has 2 N–H and O–H groups in total. The molecule has 0 aliphatic carbocycles. The number of esters is 1. The van der Waals surface area contributed by atoms with Crippen molar-refractivity contribution < 1.29 is 9.53 Å². The number of ether oxygens (including phenoxy) is 1. The van der Waals surface area contributed by atoms with Gasteiger partial charge in [0.25, 0.3) is 5.56 Å². The monoisotopic (exact) mass is 371 g/mol. The van der Waals surface area contributed by atoms with Crippen LogP contribution in [0.5, 0.6) is 0 Å². The molecule has 0 saturated carbocycles. The maximum atomic E-state index is 12.5. The van der Waals surface area contributed by atoms with Gasteiger partial charge < -0.3 is 15.0 Å². The fraction of sp³-hybridized carbons (Fsp3) is 0.316. The molecule has 136 valence electrons. The summed E-state index contributed by atoms with van der Waals surface area (Å²) in [5.74, 6) is 0.111. The van der Waals surface area contributed by atoms with E-state index in [1.54, 1.807) is 13.8 Å². The van der Waals surface area contributed by atoms with Crippen molar-refractivity contribution in [2.45, 2.75) is 33.7 Å². The number of nitrogens with one attached hydrogen (secondary N) is 2. The molecule has 1 atom stereocenters. The van der Waals surface area contributed by atoms with Crippen molar-refractivity contribution in [1.82, 2.24) is 9.97 Å².